The fraction of sp³-hybridized carbons (Fsp3) is 0.222. The second-order valence-electron chi connectivity index (χ2n) is 9.33. The van der Waals surface area contributed by atoms with Gasteiger partial charge in [-0.3, -0.25) is 0 Å². The van der Waals surface area contributed by atoms with Gasteiger partial charge in [0.05, 0.1) is 21.3 Å². The lowest BCUT2D eigenvalue weighted by Crippen LogP contribution is -2.66. The molecule has 0 fully saturated rings. The van der Waals surface area contributed by atoms with Gasteiger partial charge in [-0.15, -0.1) is 16.3 Å². The molecule has 4 rings (SSSR count). The molecule has 6 heteroatoms. The van der Waals surface area contributed by atoms with E-state index in [1.807, 2.05) is 13.0 Å². The van der Waals surface area contributed by atoms with E-state index in [2.05, 4.69) is 91.3 Å². The van der Waals surface area contributed by atoms with Crippen molar-refractivity contribution in [1.82, 2.24) is 9.97 Å². The van der Waals surface area contributed by atoms with Crippen LogP contribution in [0, 0.1) is 13.5 Å². The normalized spacial score (nSPS) is 11.8. The summed E-state index contributed by atoms with van der Waals surface area (Å²) in [6.45, 7) is 16.4. The molecule has 0 saturated heterocycles. The van der Waals surface area contributed by atoms with E-state index in [0.29, 0.717) is 5.69 Å². The lowest BCUT2D eigenvalue weighted by molar-refractivity contribution is 0.725. The van der Waals surface area contributed by atoms with E-state index < -0.39 is 8.07 Å². The number of hydrogen-bond donors (Lipinski definition) is 1. The zero-order valence-corrected chi connectivity index (χ0v) is 21.3. The third-order valence-electron chi connectivity index (χ3n) is 6.33. The highest BCUT2D eigenvalue weighted by Crippen LogP contribution is 2.40. The van der Waals surface area contributed by atoms with Crippen LogP contribution >= 0.6 is 11.3 Å². The van der Waals surface area contributed by atoms with E-state index in [0.717, 1.165) is 27.2 Å². The van der Waals surface area contributed by atoms with Gasteiger partial charge in [0.1, 0.15) is 14.3 Å². The highest BCUT2D eigenvalue weighted by Gasteiger charge is 2.48. The zero-order valence-electron chi connectivity index (χ0n) is 19.5. The molecule has 166 valence electrons. The predicted octanol–water partition coefficient (Wildman–Crippen LogP) is 5.79. The molecule has 0 aliphatic heterocycles. The molecule has 0 aliphatic carbocycles. The Morgan fingerprint density at radius 1 is 1.00 bits per heavy atom. The average molecular weight is 469 g/mol. The molecular formula is C27H28N4SSi. The molecule has 0 radical (unpaired) electrons. The van der Waals surface area contributed by atoms with Gasteiger partial charge in [-0.05, 0) is 18.0 Å². The van der Waals surface area contributed by atoms with Crippen molar-refractivity contribution < 1.29 is 0 Å². The molecule has 0 bridgehead atoms. The maximum Gasteiger partial charge on any atom is 0.292 e. The first kappa shape index (κ1) is 22.9. The topological polar surface area (TPSA) is 56.2 Å². The van der Waals surface area contributed by atoms with Gasteiger partial charge >= 0.3 is 0 Å². The number of hydrogen-bond acceptors (Lipinski definition) is 4. The lowest BCUT2D eigenvalue weighted by atomic mass is 10.2. The van der Waals surface area contributed by atoms with Crippen molar-refractivity contribution in [2.24, 2.45) is 0 Å². The molecule has 33 heavy (non-hydrogen) atoms. The Labute approximate surface area is 201 Å². The Bertz CT molecular complexity index is 1260. The number of benzene rings is 2. The Morgan fingerprint density at radius 2 is 1.58 bits per heavy atom. The number of aryl methyl sites for hydroxylation is 1. The van der Waals surface area contributed by atoms with Crippen LogP contribution in [0.2, 0.25) is 5.04 Å². The molecule has 0 spiro atoms. The molecule has 4 nitrogen and oxygen atoms in total. The molecule has 0 amide bonds. The Balaban J connectivity index is 1.86. The first-order valence-electron chi connectivity index (χ1n) is 11.0. The Morgan fingerprint density at radius 3 is 2.06 bits per heavy atom. The van der Waals surface area contributed by atoms with Crippen molar-refractivity contribution >= 4 is 41.3 Å². The van der Waals surface area contributed by atoms with Crippen LogP contribution in [0.25, 0.3) is 15.3 Å². The number of nitrogens with zero attached hydrogens (tertiary/aromatic N) is 3. The third-order valence-corrected chi connectivity index (χ3v) is 13.9. The summed E-state index contributed by atoms with van der Waals surface area (Å²) in [5.41, 5.74) is 8.35. The van der Waals surface area contributed by atoms with Crippen molar-refractivity contribution in [3.8, 4) is 10.4 Å². The summed E-state index contributed by atoms with van der Waals surface area (Å²) in [6.07, 6.45) is 1.73. The third kappa shape index (κ3) is 4.22. The van der Waals surface area contributed by atoms with Gasteiger partial charge in [0.15, 0.2) is 0 Å². The van der Waals surface area contributed by atoms with Crippen molar-refractivity contribution in [2.45, 2.75) is 38.8 Å². The number of aromatic nitrogens is 2. The second-order valence-corrected chi connectivity index (χ2v) is 15.2. The molecule has 2 heterocycles. The smallest absolute Gasteiger partial charge is 0.292 e. The van der Waals surface area contributed by atoms with E-state index >= 15 is 0 Å². The van der Waals surface area contributed by atoms with Gasteiger partial charge in [-0.2, -0.15) is 0 Å². The van der Waals surface area contributed by atoms with Gasteiger partial charge in [-0.25, -0.2) is 4.98 Å². The van der Waals surface area contributed by atoms with Crippen LogP contribution in [-0.4, -0.2) is 18.0 Å². The van der Waals surface area contributed by atoms with Gasteiger partial charge in [0.2, 0.25) is 0 Å². The molecule has 0 saturated carbocycles. The highest BCUT2D eigenvalue weighted by atomic mass is 32.1. The number of thiazole rings is 1. The Hall–Kier alpha value is -3.27. The molecule has 2 aromatic carbocycles. The van der Waals surface area contributed by atoms with Gasteiger partial charge < -0.3 is 10.6 Å². The van der Waals surface area contributed by atoms with E-state index in [9.17, 15) is 0 Å². The van der Waals surface area contributed by atoms with Crippen LogP contribution < -0.4 is 16.1 Å². The molecule has 0 aliphatic rings. The number of nitrogens with two attached hydrogens (primary N) is 1. The van der Waals surface area contributed by atoms with Gasteiger partial charge in [0, 0.05) is 11.6 Å². The van der Waals surface area contributed by atoms with Crippen molar-refractivity contribution in [2.75, 3.05) is 5.73 Å². The number of anilines is 1. The second kappa shape index (κ2) is 8.93. The van der Waals surface area contributed by atoms with Gasteiger partial charge in [0.25, 0.3) is 5.82 Å². The van der Waals surface area contributed by atoms with Gasteiger partial charge in [-0.1, -0.05) is 98.4 Å². The summed E-state index contributed by atoms with van der Waals surface area (Å²) >= 11 is 1.72. The maximum absolute atomic E-state index is 7.20. The minimum atomic E-state index is -2.26. The summed E-state index contributed by atoms with van der Waals surface area (Å²) in [4.78, 5) is 13.7. The fourth-order valence-corrected chi connectivity index (χ4v) is 11.5. The molecular weight excluding hydrogens is 440 g/mol. The zero-order chi connectivity index (χ0) is 23.6. The van der Waals surface area contributed by atoms with Crippen LogP contribution in [0.3, 0.4) is 0 Å². The molecule has 2 aromatic heterocycles. The largest absolute Gasteiger partial charge is 0.406 e. The van der Waals surface area contributed by atoms with E-state index in [1.165, 1.54) is 10.4 Å². The van der Waals surface area contributed by atoms with E-state index in [4.69, 9.17) is 17.3 Å². The summed E-state index contributed by atoms with van der Waals surface area (Å²) in [5, 5.41) is 4.04. The quantitative estimate of drug-likeness (QED) is 0.298. The summed E-state index contributed by atoms with van der Waals surface area (Å²) in [5.74, 6) is 0.244. The van der Waals surface area contributed by atoms with Crippen molar-refractivity contribution in [1.29, 1.82) is 0 Å². The van der Waals surface area contributed by atoms with Crippen LogP contribution in [0.5, 0.6) is 0 Å². The summed E-state index contributed by atoms with van der Waals surface area (Å²) in [6, 6.07) is 24.7. The predicted molar refractivity (Wildman–Crippen MR) is 142 cm³/mol. The minimum Gasteiger partial charge on any atom is -0.406 e. The van der Waals surface area contributed by atoms with E-state index in [1.54, 1.807) is 17.5 Å². The van der Waals surface area contributed by atoms with Crippen LogP contribution in [0.4, 0.5) is 11.5 Å². The summed E-state index contributed by atoms with van der Waals surface area (Å²) in [7, 11) is -2.26. The van der Waals surface area contributed by atoms with Crippen molar-refractivity contribution in [3.63, 3.8) is 0 Å². The molecule has 0 unspecified atom stereocenters. The fourth-order valence-electron chi connectivity index (χ4n) is 4.66. The highest BCUT2D eigenvalue weighted by molar-refractivity contribution is 7.16. The minimum absolute atomic E-state index is 0.0682. The first-order chi connectivity index (χ1) is 15.8. The van der Waals surface area contributed by atoms with Crippen molar-refractivity contribution in [3.05, 3.63) is 95.0 Å². The lowest BCUT2D eigenvalue weighted by Gasteiger charge is -2.44. The maximum atomic E-state index is 7.20. The number of pyridine rings is 1. The number of nitrogen functional groups attached to an aromatic ring is 1. The molecule has 4 aromatic rings. The first-order valence-corrected chi connectivity index (χ1v) is 14.0. The number of rotatable bonds is 5. The molecule has 0 atom stereocenters. The SMILES string of the molecule is [C-]#[N+]c1ncc(-c2sc(C[Si](c3ccccc3)(c3ccccc3)C(C)(C)C)nc2C)cc1N. The standard InChI is InChI=1S/C27H28N4SSi/c1-19-25(20-16-23(28)26(29-5)30-17-20)32-24(31-19)18-33(27(2,3)4,21-12-8-6-9-13-21)22-14-10-7-11-15-22/h6-17H,18,28H2,1-4H3. The van der Waals surface area contributed by atoms with Crippen LogP contribution in [0.1, 0.15) is 31.5 Å². The monoisotopic (exact) mass is 468 g/mol. The molecule has 2 N–H and O–H groups in total. The van der Waals surface area contributed by atoms with E-state index in [-0.39, 0.29) is 10.9 Å². The van der Waals surface area contributed by atoms with Crippen LogP contribution in [-0.2, 0) is 6.04 Å². The van der Waals surface area contributed by atoms with Crippen LogP contribution in [0.15, 0.2) is 72.9 Å². The summed E-state index contributed by atoms with van der Waals surface area (Å²) < 4.78 is 0. The average Bonchev–Trinajstić information content (AvgIpc) is 3.17. The Kier molecular flexibility index (Phi) is 6.20.